The van der Waals surface area contributed by atoms with E-state index in [-0.39, 0.29) is 11.8 Å². The van der Waals surface area contributed by atoms with Crippen LogP contribution in [0.2, 0.25) is 0 Å². The lowest BCUT2D eigenvalue weighted by Gasteiger charge is -2.30. The van der Waals surface area contributed by atoms with Crippen LogP contribution in [0.1, 0.15) is 57.4 Å². The molecule has 1 aromatic rings. The number of likely N-dealkylation sites (N-methyl/N-ethyl adjacent to an activating group) is 1. The number of hydrogen-bond donors (Lipinski definition) is 1. The van der Waals surface area contributed by atoms with E-state index in [9.17, 15) is 4.79 Å². The topological polar surface area (TPSA) is 32.3 Å². The van der Waals surface area contributed by atoms with E-state index >= 15 is 0 Å². The van der Waals surface area contributed by atoms with Crippen LogP contribution in [-0.2, 0) is 4.79 Å². The second kappa shape index (κ2) is 9.71. The van der Waals surface area contributed by atoms with E-state index in [0.29, 0.717) is 5.92 Å². The molecule has 0 aliphatic heterocycles. The van der Waals surface area contributed by atoms with Crippen molar-refractivity contribution in [2.75, 3.05) is 26.2 Å². The number of nitrogens with zero attached hydrogens (tertiary/aromatic N) is 1. The van der Waals surface area contributed by atoms with Crippen LogP contribution in [0.5, 0.6) is 0 Å². The molecule has 2 rings (SSSR count). The number of carbonyl (C=O) groups is 1. The van der Waals surface area contributed by atoms with Gasteiger partial charge in [0.2, 0.25) is 5.91 Å². The summed E-state index contributed by atoms with van der Waals surface area (Å²) in [5.41, 5.74) is 1.18. The summed E-state index contributed by atoms with van der Waals surface area (Å²) in [6.07, 6.45) is 6.22. The second-order valence-electron chi connectivity index (χ2n) is 6.60. The molecule has 1 aliphatic rings. The lowest BCUT2D eigenvalue weighted by atomic mass is 9.76. The van der Waals surface area contributed by atoms with Gasteiger partial charge in [-0.1, -0.05) is 63.4 Å². The minimum atomic E-state index is 0.0215. The van der Waals surface area contributed by atoms with Crippen LogP contribution in [0.15, 0.2) is 30.3 Å². The Hall–Kier alpha value is -1.35. The highest BCUT2D eigenvalue weighted by atomic mass is 16.1. The van der Waals surface area contributed by atoms with Crippen LogP contribution >= 0.6 is 0 Å². The van der Waals surface area contributed by atoms with Crippen LogP contribution in [0, 0.1) is 5.92 Å². The van der Waals surface area contributed by atoms with Crippen molar-refractivity contribution in [3.8, 4) is 0 Å². The summed E-state index contributed by atoms with van der Waals surface area (Å²) in [7, 11) is 0. The minimum Gasteiger partial charge on any atom is -0.354 e. The number of rotatable bonds is 8. The molecule has 3 nitrogen and oxygen atoms in total. The highest BCUT2D eigenvalue weighted by Gasteiger charge is 2.30. The summed E-state index contributed by atoms with van der Waals surface area (Å²) in [5, 5.41) is 3.20. The van der Waals surface area contributed by atoms with E-state index in [0.717, 1.165) is 26.2 Å². The molecule has 23 heavy (non-hydrogen) atoms. The lowest BCUT2D eigenvalue weighted by molar-refractivity contribution is -0.124. The maximum Gasteiger partial charge on any atom is 0.227 e. The van der Waals surface area contributed by atoms with Gasteiger partial charge in [-0.05, 0) is 37.4 Å². The summed E-state index contributed by atoms with van der Waals surface area (Å²) < 4.78 is 0. The molecular formula is C20H32N2O. The number of hydrogen-bond acceptors (Lipinski definition) is 2. The van der Waals surface area contributed by atoms with E-state index < -0.39 is 0 Å². The molecule has 0 radical (unpaired) electrons. The van der Waals surface area contributed by atoms with E-state index in [2.05, 4.69) is 36.2 Å². The first-order valence-electron chi connectivity index (χ1n) is 9.31. The van der Waals surface area contributed by atoms with Gasteiger partial charge in [-0.15, -0.1) is 0 Å². The summed E-state index contributed by atoms with van der Waals surface area (Å²) in [4.78, 5) is 15.2. The number of benzene rings is 1. The summed E-state index contributed by atoms with van der Waals surface area (Å²) in [6, 6.07) is 10.4. The molecule has 1 atom stereocenters. The number of nitrogens with one attached hydrogen (secondary N) is 1. The van der Waals surface area contributed by atoms with Gasteiger partial charge < -0.3 is 10.2 Å². The Morgan fingerprint density at radius 1 is 1.13 bits per heavy atom. The van der Waals surface area contributed by atoms with Crippen molar-refractivity contribution in [2.45, 2.75) is 51.9 Å². The van der Waals surface area contributed by atoms with Crippen molar-refractivity contribution in [1.29, 1.82) is 0 Å². The monoisotopic (exact) mass is 316 g/mol. The zero-order valence-corrected chi connectivity index (χ0v) is 14.8. The van der Waals surface area contributed by atoms with Crippen molar-refractivity contribution >= 4 is 5.91 Å². The van der Waals surface area contributed by atoms with Gasteiger partial charge in [0, 0.05) is 13.1 Å². The second-order valence-corrected chi connectivity index (χ2v) is 6.60. The van der Waals surface area contributed by atoms with Gasteiger partial charge in [-0.2, -0.15) is 0 Å². The number of amides is 1. The van der Waals surface area contributed by atoms with Crippen LogP contribution in [0.3, 0.4) is 0 Å². The third kappa shape index (κ3) is 5.35. The highest BCUT2D eigenvalue weighted by Crippen LogP contribution is 2.36. The van der Waals surface area contributed by atoms with Gasteiger partial charge >= 0.3 is 0 Å². The third-order valence-corrected chi connectivity index (χ3v) is 5.18. The van der Waals surface area contributed by atoms with Gasteiger partial charge in [0.15, 0.2) is 0 Å². The molecule has 0 bridgehead atoms. The van der Waals surface area contributed by atoms with Crippen molar-refractivity contribution in [3.63, 3.8) is 0 Å². The molecule has 1 amide bonds. The van der Waals surface area contributed by atoms with Crippen LogP contribution in [0.4, 0.5) is 0 Å². The van der Waals surface area contributed by atoms with Crippen molar-refractivity contribution in [3.05, 3.63) is 35.9 Å². The zero-order valence-electron chi connectivity index (χ0n) is 14.8. The predicted molar refractivity (Wildman–Crippen MR) is 96.6 cm³/mol. The molecule has 1 fully saturated rings. The first-order chi connectivity index (χ1) is 11.3. The molecule has 0 spiro atoms. The zero-order chi connectivity index (χ0) is 16.5. The molecule has 1 aromatic carbocycles. The van der Waals surface area contributed by atoms with Crippen molar-refractivity contribution in [2.24, 2.45) is 5.92 Å². The van der Waals surface area contributed by atoms with Crippen molar-refractivity contribution in [1.82, 2.24) is 10.2 Å². The molecule has 1 aliphatic carbocycles. The first kappa shape index (κ1) is 18.0. The fraction of sp³-hybridized carbons (Fsp3) is 0.650. The maximum atomic E-state index is 12.9. The van der Waals surface area contributed by atoms with Crippen LogP contribution < -0.4 is 5.32 Å². The predicted octanol–water partition coefficient (Wildman–Crippen LogP) is 3.81. The van der Waals surface area contributed by atoms with E-state index in [4.69, 9.17) is 0 Å². The molecule has 0 aromatic heterocycles. The Morgan fingerprint density at radius 2 is 1.78 bits per heavy atom. The van der Waals surface area contributed by atoms with Crippen LogP contribution in [-0.4, -0.2) is 37.0 Å². The molecule has 128 valence electrons. The molecule has 0 saturated heterocycles. The summed E-state index contributed by atoms with van der Waals surface area (Å²) in [5.74, 6) is 0.739. The van der Waals surface area contributed by atoms with Gasteiger partial charge in [0.25, 0.3) is 0 Å². The highest BCUT2D eigenvalue weighted by molar-refractivity contribution is 5.84. The Kier molecular flexibility index (Phi) is 7.60. The van der Waals surface area contributed by atoms with Gasteiger partial charge in [0.1, 0.15) is 0 Å². The Morgan fingerprint density at radius 3 is 2.39 bits per heavy atom. The smallest absolute Gasteiger partial charge is 0.227 e. The average Bonchev–Trinajstić information content (AvgIpc) is 2.61. The van der Waals surface area contributed by atoms with Gasteiger partial charge in [-0.3, -0.25) is 4.79 Å². The fourth-order valence-electron chi connectivity index (χ4n) is 3.75. The van der Waals surface area contributed by atoms with Gasteiger partial charge in [0.05, 0.1) is 5.92 Å². The largest absolute Gasteiger partial charge is 0.354 e. The average molecular weight is 316 g/mol. The molecule has 0 heterocycles. The van der Waals surface area contributed by atoms with E-state index in [1.807, 2.05) is 18.2 Å². The fourth-order valence-corrected chi connectivity index (χ4v) is 3.75. The Labute approximate surface area is 141 Å². The Bertz CT molecular complexity index is 450. The SMILES string of the molecule is CCN(CC)CCNC(=O)C(c1ccccc1)C1CCCCC1. The third-order valence-electron chi connectivity index (χ3n) is 5.18. The lowest BCUT2D eigenvalue weighted by Crippen LogP contribution is -2.39. The van der Waals surface area contributed by atoms with Gasteiger partial charge in [-0.25, -0.2) is 0 Å². The molecule has 1 unspecified atom stereocenters. The van der Waals surface area contributed by atoms with E-state index in [1.54, 1.807) is 0 Å². The van der Waals surface area contributed by atoms with E-state index in [1.165, 1.54) is 37.7 Å². The van der Waals surface area contributed by atoms with Crippen LogP contribution in [0.25, 0.3) is 0 Å². The maximum absolute atomic E-state index is 12.9. The summed E-state index contributed by atoms with van der Waals surface area (Å²) >= 11 is 0. The Balaban J connectivity index is 2.00. The molecule has 1 N–H and O–H groups in total. The minimum absolute atomic E-state index is 0.0215. The first-order valence-corrected chi connectivity index (χ1v) is 9.31. The number of carbonyl (C=O) groups excluding carboxylic acids is 1. The summed E-state index contributed by atoms with van der Waals surface area (Å²) in [6.45, 7) is 8.09. The standard InChI is InChI=1S/C20H32N2O/c1-3-22(4-2)16-15-21-20(23)19(17-11-7-5-8-12-17)18-13-9-6-10-14-18/h5,7-8,11-12,18-19H,3-4,6,9-10,13-16H2,1-2H3,(H,21,23). The molecule has 1 saturated carbocycles. The normalized spacial score (nSPS) is 17.2. The molecule has 3 heteroatoms. The quantitative estimate of drug-likeness (QED) is 0.791. The van der Waals surface area contributed by atoms with Crippen molar-refractivity contribution < 1.29 is 4.79 Å². The molecular weight excluding hydrogens is 284 g/mol.